The minimum absolute atomic E-state index is 0.197. The number of aliphatic hydroxyl groups is 1. The van der Waals surface area contributed by atoms with Gasteiger partial charge in [-0.3, -0.25) is 0 Å². The van der Waals surface area contributed by atoms with Gasteiger partial charge >= 0.3 is 5.97 Å². The molecule has 0 aliphatic rings. The summed E-state index contributed by atoms with van der Waals surface area (Å²) in [7, 11) is 0. The standard InChI is InChI=1S/C13H16O3/c1-3-16-13(15)12(14)9-10(2)11-7-5-4-6-8-11/h4-8,12,14H,2-3,9H2,1H3. The number of esters is 1. The summed E-state index contributed by atoms with van der Waals surface area (Å²) in [6.45, 7) is 5.82. The van der Waals surface area contributed by atoms with Crippen molar-refractivity contribution >= 4 is 11.5 Å². The van der Waals surface area contributed by atoms with Gasteiger partial charge in [0.15, 0.2) is 6.10 Å². The van der Waals surface area contributed by atoms with Crippen molar-refractivity contribution in [2.45, 2.75) is 19.4 Å². The number of carbonyl (C=O) groups is 1. The van der Waals surface area contributed by atoms with Crippen LogP contribution in [0.1, 0.15) is 18.9 Å². The van der Waals surface area contributed by atoms with Crippen molar-refractivity contribution in [3.05, 3.63) is 42.5 Å². The van der Waals surface area contributed by atoms with E-state index in [2.05, 4.69) is 6.58 Å². The first-order valence-corrected chi connectivity index (χ1v) is 5.23. The Balaban J connectivity index is 2.55. The van der Waals surface area contributed by atoms with Crippen LogP contribution in [0, 0.1) is 0 Å². The van der Waals surface area contributed by atoms with Gasteiger partial charge in [-0.1, -0.05) is 36.9 Å². The molecular formula is C13H16O3. The highest BCUT2D eigenvalue weighted by Crippen LogP contribution is 2.17. The molecule has 0 spiro atoms. The number of benzene rings is 1. The molecule has 16 heavy (non-hydrogen) atoms. The number of ether oxygens (including phenoxy) is 1. The fourth-order valence-corrected chi connectivity index (χ4v) is 1.35. The zero-order valence-electron chi connectivity index (χ0n) is 9.35. The number of hydrogen-bond acceptors (Lipinski definition) is 3. The predicted octanol–water partition coefficient (Wildman–Crippen LogP) is 2.01. The van der Waals surface area contributed by atoms with Gasteiger partial charge in [0.25, 0.3) is 0 Å². The summed E-state index contributed by atoms with van der Waals surface area (Å²) in [6, 6.07) is 9.45. The second-order valence-electron chi connectivity index (χ2n) is 3.44. The van der Waals surface area contributed by atoms with E-state index in [0.717, 1.165) is 11.1 Å². The average molecular weight is 220 g/mol. The molecule has 1 unspecified atom stereocenters. The number of carbonyl (C=O) groups excluding carboxylic acids is 1. The van der Waals surface area contributed by atoms with E-state index in [-0.39, 0.29) is 13.0 Å². The van der Waals surface area contributed by atoms with Crippen molar-refractivity contribution in [2.24, 2.45) is 0 Å². The number of rotatable bonds is 5. The minimum Gasteiger partial charge on any atom is -0.464 e. The molecule has 0 saturated carbocycles. The van der Waals surface area contributed by atoms with Gasteiger partial charge in [-0.25, -0.2) is 4.79 Å². The summed E-state index contributed by atoms with van der Waals surface area (Å²) >= 11 is 0. The van der Waals surface area contributed by atoms with Gasteiger partial charge in [0.2, 0.25) is 0 Å². The van der Waals surface area contributed by atoms with E-state index in [1.165, 1.54) is 0 Å². The molecule has 0 aliphatic heterocycles. The second kappa shape index (κ2) is 6.08. The fraction of sp³-hybridized carbons (Fsp3) is 0.308. The van der Waals surface area contributed by atoms with Crippen molar-refractivity contribution in [2.75, 3.05) is 6.61 Å². The Kier molecular flexibility index (Phi) is 4.73. The maximum atomic E-state index is 11.2. The zero-order valence-corrected chi connectivity index (χ0v) is 9.35. The Morgan fingerprint density at radius 2 is 2.06 bits per heavy atom. The lowest BCUT2D eigenvalue weighted by Crippen LogP contribution is -2.23. The van der Waals surface area contributed by atoms with Gasteiger partial charge in [-0.05, 0) is 18.1 Å². The Morgan fingerprint density at radius 1 is 1.44 bits per heavy atom. The van der Waals surface area contributed by atoms with E-state index >= 15 is 0 Å². The van der Waals surface area contributed by atoms with Crippen molar-refractivity contribution in [1.29, 1.82) is 0 Å². The zero-order chi connectivity index (χ0) is 12.0. The molecule has 1 N–H and O–H groups in total. The Hall–Kier alpha value is -1.61. The van der Waals surface area contributed by atoms with Crippen LogP contribution in [0.25, 0.3) is 5.57 Å². The molecule has 0 radical (unpaired) electrons. The molecule has 1 aromatic rings. The van der Waals surface area contributed by atoms with Gasteiger partial charge in [0.1, 0.15) is 0 Å². The number of hydrogen-bond donors (Lipinski definition) is 1. The van der Waals surface area contributed by atoms with Crippen molar-refractivity contribution in [3.63, 3.8) is 0 Å². The molecule has 1 atom stereocenters. The van der Waals surface area contributed by atoms with E-state index in [4.69, 9.17) is 4.74 Å². The van der Waals surface area contributed by atoms with Crippen LogP contribution >= 0.6 is 0 Å². The van der Waals surface area contributed by atoms with Crippen LogP contribution < -0.4 is 0 Å². The lowest BCUT2D eigenvalue weighted by atomic mass is 10.0. The van der Waals surface area contributed by atoms with Crippen LogP contribution in [0.5, 0.6) is 0 Å². The van der Waals surface area contributed by atoms with Gasteiger partial charge in [-0.15, -0.1) is 0 Å². The molecule has 0 aromatic heterocycles. The van der Waals surface area contributed by atoms with Crippen molar-refractivity contribution in [3.8, 4) is 0 Å². The van der Waals surface area contributed by atoms with Gasteiger partial charge in [-0.2, -0.15) is 0 Å². The third-order valence-corrected chi connectivity index (χ3v) is 2.18. The Labute approximate surface area is 95.4 Å². The molecule has 0 aliphatic carbocycles. The quantitative estimate of drug-likeness (QED) is 0.772. The molecule has 1 rings (SSSR count). The smallest absolute Gasteiger partial charge is 0.335 e. The molecule has 0 amide bonds. The van der Waals surface area contributed by atoms with Crippen molar-refractivity contribution < 1.29 is 14.6 Å². The monoisotopic (exact) mass is 220 g/mol. The number of aliphatic hydroxyl groups excluding tert-OH is 1. The Morgan fingerprint density at radius 3 is 2.62 bits per heavy atom. The SMILES string of the molecule is C=C(CC(O)C(=O)OCC)c1ccccc1. The molecule has 0 bridgehead atoms. The highest BCUT2D eigenvalue weighted by atomic mass is 16.5. The summed E-state index contributed by atoms with van der Waals surface area (Å²) < 4.78 is 4.71. The van der Waals surface area contributed by atoms with E-state index in [9.17, 15) is 9.90 Å². The first-order chi connectivity index (χ1) is 7.65. The maximum absolute atomic E-state index is 11.2. The molecule has 3 heteroatoms. The minimum atomic E-state index is -1.13. The fourth-order valence-electron chi connectivity index (χ4n) is 1.35. The van der Waals surface area contributed by atoms with Crippen LogP contribution in [-0.2, 0) is 9.53 Å². The molecule has 0 heterocycles. The lowest BCUT2D eigenvalue weighted by molar-refractivity contribution is -0.152. The summed E-state index contributed by atoms with van der Waals surface area (Å²) in [4.78, 5) is 11.2. The van der Waals surface area contributed by atoms with E-state index < -0.39 is 12.1 Å². The van der Waals surface area contributed by atoms with Gasteiger partial charge in [0.05, 0.1) is 6.61 Å². The molecule has 0 fully saturated rings. The Bertz CT molecular complexity index is 357. The second-order valence-corrected chi connectivity index (χ2v) is 3.44. The van der Waals surface area contributed by atoms with Crippen LogP contribution in [0.2, 0.25) is 0 Å². The average Bonchev–Trinajstić information content (AvgIpc) is 2.30. The van der Waals surface area contributed by atoms with Crippen LogP contribution in [0.15, 0.2) is 36.9 Å². The van der Waals surface area contributed by atoms with E-state index in [1.54, 1.807) is 6.92 Å². The van der Waals surface area contributed by atoms with Crippen molar-refractivity contribution in [1.82, 2.24) is 0 Å². The summed E-state index contributed by atoms with van der Waals surface area (Å²) in [5.41, 5.74) is 1.65. The van der Waals surface area contributed by atoms with Crippen LogP contribution in [-0.4, -0.2) is 23.8 Å². The lowest BCUT2D eigenvalue weighted by Gasteiger charge is -2.11. The summed E-state index contributed by atoms with van der Waals surface area (Å²) in [5, 5.41) is 9.55. The molecule has 3 nitrogen and oxygen atoms in total. The highest BCUT2D eigenvalue weighted by molar-refractivity contribution is 5.78. The summed E-state index contributed by atoms with van der Waals surface area (Å²) in [6.07, 6.45) is -0.935. The van der Waals surface area contributed by atoms with Gasteiger partial charge < -0.3 is 9.84 Å². The first kappa shape index (κ1) is 12.5. The highest BCUT2D eigenvalue weighted by Gasteiger charge is 2.17. The topological polar surface area (TPSA) is 46.5 Å². The third-order valence-electron chi connectivity index (χ3n) is 2.18. The predicted molar refractivity (Wildman–Crippen MR) is 62.7 cm³/mol. The first-order valence-electron chi connectivity index (χ1n) is 5.23. The largest absolute Gasteiger partial charge is 0.464 e. The third kappa shape index (κ3) is 3.51. The maximum Gasteiger partial charge on any atom is 0.335 e. The molecule has 86 valence electrons. The van der Waals surface area contributed by atoms with E-state index in [0.29, 0.717) is 0 Å². The van der Waals surface area contributed by atoms with Crippen LogP contribution in [0.3, 0.4) is 0 Å². The van der Waals surface area contributed by atoms with Crippen LogP contribution in [0.4, 0.5) is 0 Å². The summed E-state index contributed by atoms with van der Waals surface area (Å²) in [5.74, 6) is -0.598. The molecular weight excluding hydrogens is 204 g/mol. The molecule has 0 saturated heterocycles. The van der Waals surface area contributed by atoms with Gasteiger partial charge in [0, 0.05) is 6.42 Å². The van der Waals surface area contributed by atoms with E-state index in [1.807, 2.05) is 30.3 Å². The normalized spacial score (nSPS) is 11.9. The molecule has 1 aromatic carbocycles.